The summed E-state index contributed by atoms with van der Waals surface area (Å²) in [5.41, 5.74) is 3.67. The normalized spacial score (nSPS) is 12.5. The van der Waals surface area contributed by atoms with Crippen molar-refractivity contribution in [2.45, 2.75) is 17.7 Å². The van der Waals surface area contributed by atoms with Gasteiger partial charge in [-0.25, -0.2) is 0 Å². The highest BCUT2D eigenvalue weighted by molar-refractivity contribution is 8.00. The third-order valence-electron chi connectivity index (χ3n) is 4.33. The molecule has 0 spiro atoms. The molecule has 0 saturated heterocycles. The van der Waals surface area contributed by atoms with Crippen molar-refractivity contribution in [2.75, 3.05) is 11.1 Å². The summed E-state index contributed by atoms with van der Waals surface area (Å²) in [5, 5.41) is 6.23. The van der Waals surface area contributed by atoms with Crippen LogP contribution in [0.2, 0.25) is 5.02 Å². The monoisotopic (exact) mass is 353 g/mol. The van der Waals surface area contributed by atoms with Gasteiger partial charge in [0.1, 0.15) is 0 Å². The maximum atomic E-state index is 12.3. The van der Waals surface area contributed by atoms with E-state index >= 15 is 0 Å². The Hall–Kier alpha value is -1.97. The molecule has 0 atom stereocenters. The molecule has 0 bridgehead atoms. The van der Waals surface area contributed by atoms with Crippen LogP contribution in [0, 0.1) is 0 Å². The smallest absolute Gasteiger partial charge is 0.234 e. The number of rotatable bonds is 4. The maximum absolute atomic E-state index is 12.3. The molecule has 4 rings (SSSR count). The largest absolute Gasteiger partial charge is 0.325 e. The second-order valence-corrected chi connectivity index (χ2v) is 7.39. The minimum Gasteiger partial charge on any atom is -0.325 e. The molecule has 1 aliphatic rings. The summed E-state index contributed by atoms with van der Waals surface area (Å²) in [6.07, 6.45) is 2.19. The lowest BCUT2D eigenvalue weighted by molar-refractivity contribution is -0.113. The predicted molar refractivity (Wildman–Crippen MR) is 102 cm³/mol. The van der Waals surface area contributed by atoms with Crippen LogP contribution in [-0.2, 0) is 17.6 Å². The van der Waals surface area contributed by atoms with Crippen molar-refractivity contribution >= 4 is 45.7 Å². The zero-order valence-corrected chi connectivity index (χ0v) is 14.6. The van der Waals surface area contributed by atoms with Gasteiger partial charge in [-0.15, -0.1) is 11.8 Å². The van der Waals surface area contributed by atoms with Crippen molar-refractivity contribution in [2.24, 2.45) is 0 Å². The minimum atomic E-state index is 0.00801. The van der Waals surface area contributed by atoms with Crippen molar-refractivity contribution < 1.29 is 4.79 Å². The second-order valence-electron chi connectivity index (χ2n) is 5.90. The Morgan fingerprint density at radius 2 is 1.75 bits per heavy atom. The highest BCUT2D eigenvalue weighted by Crippen LogP contribution is 2.35. The summed E-state index contributed by atoms with van der Waals surface area (Å²) in [4.78, 5) is 13.4. The molecule has 0 aromatic heterocycles. The molecule has 3 aromatic carbocycles. The van der Waals surface area contributed by atoms with Crippen molar-refractivity contribution in [1.82, 2.24) is 0 Å². The maximum Gasteiger partial charge on any atom is 0.234 e. The molecule has 0 radical (unpaired) electrons. The predicted octanol–water partition coefficient (Wildman–Crippen LogP) is 5.32. The molecular weight excluding hydrogens is 338 g/mol. The summed E-state index contributed by atoms with van der Waals surface area (Å²) in [5.74, 6) is 0.388. The van der Waals surface area contributed by atoms with E-state index in [2.05, 4.69) is 29.6 Å². The van der Waals surface area contributed by atoms with E-state index in [-0.39, 0.29) is 5.91 Å². The van der Waals surface area contributed by atoms with Crippen LogP contribution in [0.3, 0.4) is 0 Å². The van der Waals surface area contributed by atoms with Gasteiger partial charge in [0.25, 0.3) is 0 Å². The summed E-state index contributed by atoms with van der Waals surface area (Å²) >= 11 is 7.39. The first kappa shape index (κ1) is 15.6. The van der Waals surface area contributed by atoms with E-state index in [1.165, 1.54) is 28.3 Å². The van der Waals surface area contributed by atoms with Gasteiger partial charge in [0.15, 0.2) is 0 Å². The number of thioether (sulfide) groups is 1. The third-order valence-corrected chi connectivity index (χ3v) is 5.60. The van der Waals surface area contributed by atoms with E-state index in [0.29, 0.717) is 10.8 Å². The van der Waals surface area contributed by atoms with Crippen molar-refractivity contribution in [3.05, 3.63) is 70.7 Å². The number of amides is 1. The summed E-state index contributed by atoms with van der Waals surface area (Å²) in [7, 11) is 0. The quantitative estimate of drug-likeness (QED) is 0.643. The molecule has 0 heterocycles. The van der Waals surface area contributed by atoms with Crippen molar-refractivity contribution in [1.29, 1.82) is 0 Å². The Labute approximate surface area is 150 Å². The summed E-state index contributed by atoms with van der Waals surface area (Å²) < 4.78 is 0. The number of hydrogen-bond acceptors (Lipinski definition) is 2. The van der Waals surface area contributed by atoms with Crippen LogP contribution in [0.15, 0.2) is 59.5 Å². The van der Waals surface area contributed by atoms with Crippen LogP contribution in [0.4, 0.5) is 5.69 Å². The molecule has 2 nitrogen and oxygen atoms in total. The molecule has 1 aliphatic carbocycles. The second kappa shape index (κ2) is 6.50. The molecule has 1 N–H and O–H groups in total. The Morgan fingerprint density at radius 1 is 1.00 bits per heavy atom. The number of hydrogen-bond donors (Lipinski definition) is 1. The standard InChI is InChI=1S/C20H16ClNOS/c21-15-7-9-16(10-8-15)24-12-19(23)22-18-11-6-14-5-4-13-2-1-3-17(18)20(13)14/h1-3,6-11H,4-5,12H2,(H,22,23). The third kappa shape index (κ3) is 3.02. The first-order chi connectivity index (χ1) is 11.7. The van der Waals surface area contributed by atoms with Crippen LogP contribution in [-0.4, -0.2) is 11.7 Å². The molecule has 0 saturated carbocycles. The topological polar surface area (TPSA) is 29.1 Å². The first-order valence-corrected chi connectivity index (χ1v) is 9.29. The molecule has 4 heteroatoms. The van der Waals surface area contributed by atoms with Gasteiger partial charge >= 0.3 is 0 Å². The van der Waals surface area contributed by atoms with E-state index < -0.39 is 0 Å². The highest BCUT2D eigenvalue weighted by atomic mass is 35.5. The zero-order valence-electron chi connectivity index (χ0n) is 13.0. The number of aryl methyl sites for hydroxylation is 2. The van der Waals surface area contributed by atoms with Gasteiger partial charge < -0.3 is 5.32 Å². The average Bonchev–Trinajstić information content (AvgIpc) is 3.02. The number of carbonyl (C=O) groups excluding carboxylic acids is 1. The molecule has 3 aromatic rings. The Bertz CT molecular complexity index is 911. The molecular formula is C20H16ClNOS. The Morgan fingerprint density at radius 3 is 2.54 bits per heavy atom. The fourth-order valence-corrected chi connectivity index (χ4v) is 4.05. The van der Waals surface area contributed by atoms with Crippen LogP contribution in [0.25, 0.3) is 10.8 Å². The van der Waals surface area contributed by atoms with Gasteiger partial charge in [0.05, 0.1) is 5.75 Å². The van der Waals surface area contributed by atoms with Gasteiger partial charge in [0, 0.05) is 21.0 Å². The van der Waals surface area contributed by atoms with E-state index in [1.54, 1.807) is 0 Å². The first-order valence-electron chi connectivity index (χ1n) is 7.92. The van der Waals surface area contributed by atoms with Crippen LogP contribution in [0.5, 0.6) is 0 Å². The average molecular weight is 354 g/mol. The van der Waals surface area contributed by atoms with Crippen LogP contribution < -0.4 is 5.32 Å². The number of benzene rings is 3. The van der Waals surface area contributed by atoms with Gasteiger partial charge in [-0.1, -0.05) is 35.9 Å². The van der Waals surface area contributed by atoms with Crippen LogP contribution >= 0.6 is 23.4 Å². The van der Waals surface area contributed by atoms with Crippen LogP contribution in [0.1, 0.15) is 11.1 Å². The van der Waals surface area contributed by atoms with E-state index in [4.69, 9.17) is 11.6 Å². The molecule has 24 heavy (non-hydrogen) atoms. The minimum absolute atomic E-state index is 0.00801. The van der Waals surface area contributed by atoms with Gasteiger partial charge in [-0.05, 0) is 59.7 Å². The van der Waals surface area contributed by atoms with Gasteiger partial charge in [0.2, 0.25) is 5.91 Å². The number of halogens is 1. The van der Waals surface area contributed by atoms with E-state index in [0.717, 1.165) is 28.8 Å². The highest BCUT2D eigenvalue weighted by Gasteiger charge is 2.16. The fourth-order valence-electron chi connectivity index (χ4n) is 3.22. The molecule has 0 fully saturated rings. The summed E-state index contributed by atoms with van der Waals surface area (Å²) in [6, 6.07) is 18.0. The van der Waals surface area contributed by atoms with Crippen molar-refractivity contribution in [3.63, 3.8) is 0 Å². The van der Waals surface area contributed by atoms with Gasteiger partial charge in [-0.3, -0.25) is 4.79 Å². The summed E-state index contributed by atoms with van der Waals surface area (Å²) in [6.45, 7) is 0. The number of anilines is 1. The number of nitrogens with one attached hydrogen (secondary N) is 1. The molecule has 120 valence electrons. The van der Waals surface area contributed by atoms with Gasteiger partial charge in [-0.2, -0.15) is 0 Å². The molecule has 1 amide bonds. The Kier molecular flexibility index (Phi) is 4.21. The molecule has 0 unspecified atom stereocenters. The lowest BCUT2D eigenvalue weighted by Gasteiger charge is -2.10. The SMILES string of the molecule is O=C(CSc1ccc(Cl)cc1)Nc1ccc2c3c(cccc13)CC2. The Balaban J connectivity index is 1.50. The lowest BCUT2D eigenvalue weighted by atomic mass is 10.0. The zero-order chi connectivity index (χ0) is 16.5. The lowest BCUT2D eigenvalue weighted by Crippen LogP contribution is -2.14. The van der Waals surface area contributed by atoms with E-state index in [1.807, 2.05) is 30.3 Å². The molecule has 0 aliphatic heterocycles. The van der Waals surface area contributed by atoms with E-state index in [9.17, 15) is 4.79 Å². The number of carbonyl (C=O) groups is 1. The van der Waals surface area contributed by atoms with Crippen molar-refractivity contribution in [3.8, 4) is 0 Å². The fraction of sp³-hybridized carbons (Fsp3) is 0.150.